The summed E-state index contributed by atoms with van der Waals surface area (Å²) >= 11 is 0. The lowest BCUT2D eigenvalue weighted by Crippen LogP contribution is -2.27. The van der Waals surface area contributed by atoms with Crippen LogP contribution in [-0.2, 0) is 13.1 Å². The van der Waals surface area contributed by atoms with Crippen LogP contribution in [0.2, 0.25) is 0 Å². The number of hydrogen-bond donors (Lipinski definition) is 0. The fourth-order valence-corrected chi connectivity index (χ4v) is 4.12. The predicted molar refractivity (Wildman–Crippen MR) is 127 cm³/mol. The number of nitrogens with zero attached hydrogens (tertiary/aromatic N) is 4. The number of aromatic nitrogens is 4. The van der Waals surface area contributed by atoms with Crippen molar-refractivity contribution in [3.05, 3.63) is 115 Å². The molecule has 2 aromatic heterocycles. The lowest BCUT2D eigenvalue weighted by molar-refractivity contribution is 0.652. The standard InChI is InChI=1S/C26H24N4O2/c1-17-9-12-20(13-10-17)15-28-24(31)22-6-4-5-7-23(22)30-25(28)27-29(26(30)32)16-21-14-18(2)8-11-19(21)3/h4-14H,15-16H2,1-3H3. The highest BCUT2D eigenvalue weighted by Gasteiger charge is 2.18. The second-order valence-corrected chi connectivity index (χ2v) is 8.40. The molecule has 160 valence electrons. The lowest BCUT2D eigenvalue weighted by atomic mass is 10.1. The summed E-state index contributed by atoms with van der Waals surface area (Å²) in [6, 6.07) is 21.4. The summed E-state index contributed by atoms with van der Waals surface area (Å²) in [6.07, 6.45) is 0. The SMILES string of the molecule is Cc1ccc(Cn2c(=O)c3ccccc3n3c(=O)n(Cc4cc(C)ccc4C)nc23)cc1. The van der Waals surface area contributed by atoms with E-state index in [0.717, 1.165) is 27.8 Å². The molecular weight excluding hydrogens is 400 g/mol. The van der Waals surface area contributed by atoms with Crippen molar-refractivity contribution in [1.82, 2.24) is 18.7 Å². The molecule has 3 aromatic carbocycles. The second kappa shape index (κ2) is 7.64. The summed E-state index contributed by atoms with van der Waals surface area (Å²) in [5.41, 5.74) is 5.56. The third kappa shape index (κ3) is 3.34. The van der Waals surface area contributed by atoms with Gasteiger partial charge >= 0.3 is 5.69 Å². The summed E-state index contributed by atoms with van der Waals surface area (Å²) in [6.45, 7) is 6.77. The van der Waals surface area contributed by atoms with Crippen LogP contribution in [0.25, 0.3) is 16.7 Å². The van der Waals surface area contributed by atoms with E-state index in [-0.39, 0.29) is 11.2 Å². The van der Waals surface area contributed by atoms with Crippen molar-refractivity contribution >= 4 is 16.7 Å². The van der Waals surface area contributed by atoms with Crippen LogP contribution < -0.4 is 11.2 Å². The summed E-state index contributed by atoms with van der Waals surface area (Å²) in [5, 5.41) is 5.13. The van der Waals surface area contributed by atoms with Crippen LogP contribution in [0.4, 0.5) is 0 Å². The second-order valence-electron chi connectivity index (χ2n) is 8.40. The molecule has 5 aromatic rings. The molecule has 0 saturated heterocycles. The number of fused-ring (bicyclic) bond motifs is 3. The Labute approximate surface area is 185 Å². The van der Waals surface area contributed by atoms with Gasteiger partial charge in [-0.1, -0.05) is 65.7 Å². The molecule has 0 atom stereocenters. The first kappa shape index (κ1) is 20.0. The molecule has 0 aliphatic heterocycles. The Hall–Kier alpha value is -3.93. The Balaban J connectivity index is 1.75. The van der Waals surface area contributed by atoms with E-state index in [9.17, 15) is 9.59 Å². The van der Waals surface area contributed by atoms with E-state index in [1.54, 1.807) is 21.1 Å². The summed E-state index contributed by atoms with van der Waals surface area (Å²) < 4.78 is 4.60. The maximum atomic E-state index is 13.5. The van der Waals surface area contributed by atoms with Gasteiger partial charge in [0.2, 0.25) is 5.78 Å². The van der Waals surface area contributed by atoms with E-state index in [1.165, 1.54) is 4.68 Å². The Morgan fingerprint density at radius 1 is 0.812 bits per heavy atom. The van der Waals surface area contributed by atoms with Crippen LogP contribution in [0.1, 0.15) is 27.8 Å². The average molecular weight is 425 g/mol. The van der Waals surface area contributed by atoms with Crippen molar-refractivity contribution in [3.63, 3.8) is 0 Å². The highest BCUT2D eigenvalue weighted by Crippen LogP contribution is 2.15. The zero-order valence-electron chi connectivity index (χ0n) is 18.4. The molecule has 0 amide bonds. The maximum Gasteiger partial charge on any atom is 0.352 e. The number of para-hydroxylation sites is 1. The fourth-order valence-electron chi connectivity index (χ4n) is 4.12. The smallest absolute Gasteiger partial charge is 0.272 e. The Morgan fingerprint density at radius 3 is 2.31 bits per heavy atom. The van der Waals surface area contributed by atoms with Crippen LogP contribution in [0.3, 0.4) is 0 Å². The Morgan fingerprint density at radius 2 is 1.53 bits per heavy atom. The van der Waals surface area contributed by atoms with Crippen LogP contribution in [-0.4, -0.2) is 18.7 Å². The van der Waals surface area contributed by atoms with Gasteiger partial charge in [-0.05, 0) is 49.6 Å². The molecule has 0 bridgehead atoms. The molecule has 0 unspecified atom stereocenters. The van der Waals surface area contributed by atoms with E-state index in [1.807, 2.05) is 63.2 Å². The zero-order valence-corrected chi connectivity index (χ0v) is 18.4. The lowest BCUT2D eigenvalue weighted by Gasteiger charge is -2.10. The van der Waals surface area contributed by atoms with E-state index < -0.39 is 0 Å². The van der Waals surface area contributed by atoms with Gasteiger partial charge < -0.3 is 0 Å². The van der Waals surface area contributed by atoms with Crippen LogP contribution in [0.5, 0.6) is 0 Å². The molecule has 0 spiro atoms. The monoisotopic (exact) mass is 424 g/mol. The number of hydrogen-bond acceptors (Lipinski definition) is 3. The first-order valence-electron chi connectivity index (χ1n) is 10.6. The minimum absolute atomic E-state index is 0.155. The van der Waals surface area contributed by atoms with Crippen LogP contribution in [0.15, 0.2) is 76.3 Å². The van der Waals surface area contributed by atoms with Gasteiger partial charge in [0, 0.05) is 0 Å². The first-order valence-corrected chi connectivity index (χ1v) is 10.6. The van der Waals surface area contributed by atoms with E-state index in [2.05, 4.69) is 17.2 Å². The quantitative estimate of drug-likeness (QED) is 0.441. The van der Waals surface area contributed by atoms with Gasteiger partial charge in [0.1, 0.15) is 0 Å². The molecule has 0 fully saturated rings. The van der Waals surface area contributed by atoms with Gasteiger partial charge in [-0.3, -0.25) is 9.36 Å². The van der Waals surface area contributed by atoms with Crippen molar-refractivity contribution in [2.24, 2.45) is 0 Å². The van der Waals surface area contributed by atoms with Gasteiger partial charge in [0.25, 0.3) is 5.56 Å². The minimum Gasteiger partial charge on any atom is -0.272 e. The molecule has 5 rings (SSSR count). The zero-order chi connectivity index (χ0) is 22.4. The largest absolute Gasteiger partial charge is 0.352 e. The molecule has 0 N–H and O–H groups in total. The normalized spacial score (nSPS) is 11.5. The van der Waals surface area contributed by atoms with Gasteiger partial charge in [-0.25, -0.2) is 13.9 Å². The Bertz CT molecular complexity index is 1590. The molecule has 0 aliphatic carbocycles. The van der Waals surface area contributed by atoms with Crippen LogP contribution >= 0.6 is 0 Å². The van der Waals surface area contributed by atoms with Crippen molar-refractivity contribution in [2.45, 2.75) is 33.9 Å². The first-order chi connectivity index (χ1) is 15.4. The molecule has 0 aliphatic rings. The highest BCUT2D eigenvalue weighted by atomic mass is 16.2. The van der Waals surface area contributed by atoms with Gasteiger partial charge in [-0.2, -0.15) is 0 Å². The predicted octanol–water partition coefficient (Wildman–Crippen LogP) is 3.83. The number of benzene rings is 3. The molecular formula is C26H24N4O2. The van der Waals surface area contributed by atoms with E-state index in [4.69, 9.17) is 0 Å². The van der Waals surface area contributed by atoms with Gasteiger partial charge in [0.05, 0.1) is 24.0 Å². The number of aryl methyl sites for hydroxylation is 3. The van der Waals surface area contributed by atoms with Gasteiger partial charge in [0.15, 0.2) is 0 Å². The number of rotatable bonds is 4. The highest BCUT2D eigenvalue weighted by molar-refractivity contribution is 5.80. The molecule has 6 nitrogen and oxygen atoms in total. The summed E-state index contributed by atoms with van der Waals surface area (Å²) in [7, 11) is 0. The fraction of sp³-hybridized carbons (Fsp3) is 0.192. The van der Waals surface area contributed by atoms with E-state index in [0.29, 0.717) is 29.8 Å². The third-order valence-electron chi connectivity index (χ3n) is 5.97. The molecule has 0 radical (unpaired) electrons. The Kier molecular flexibility index (Phi) is 4.78. The van der Waals surface area contributed by atoms with Crippen LogP contribution in [0, 0.1) is 20.8 Å². The molecule has 0 saturated carbocycles. The van der Waals surface area contributed by atoms with Crippen molar-refractivity contribution < 1.29 is 0 Å². The van der Waals surface area contributed by atoms with Crippen molar-refractivity contribution in [2.75, 3.05) is 0 Å². The van der Waals surface area contributed by atoms with Crippen molar-refractivity contribution in [1.29, 1.82) is 0 Å². The summed E-state index contributed by atoms with van der Waals surface area (Å²) in [5.74, 6) is 0.351. The molecule has 32 heavy (non-hydrogen) atoms. The van der Waals surface area contributed by atoms with Gasteiger partial charge in [-0.15, -0.1) is 5.10 Å². The topological polar surface area (TPSA) is 61.3 Å². The molecule has 2 heterocycles. The molecule has 6 heteroatoms. The maximum absolute atomic E-state index is 13.5. The average Bonchev–Trinajstić information content (AvgIpc) is 3.11. The van der Waals surface area contributed by atoms with E-state index >= 15 is 0 Å². The minimum atomic E-state index is -0.255. The summed E-state index contributed by atoms with van der Waals surface area (Å²) in [4.78, 5) is 26.8. The third-order valence-corrected chi connectivity index (χ3v) is 5.97. The van der Waals surface area contributed by atoms with Crippen molar-refractivity contribution in [3.8, 4) is 0 Å².